The quantitative estimate of drug-likeness (QED) is 0.683. The van der Waals surface area contributed by atoms with Crippen molar-refractivity contribution in [1.82, 2.24) is 14.3 Å². The molecule has 0 spiro atoms. The lowest BCUT2D eigenvalue weighted by Gasteiger charge is -2.17. The van der Waals surface area contributed by atoms with E-state index in [2.05, 4.69) is 9.97 Å². The van der Waals surface area contributed by atoms with Gasteiger partial charge in [0.05, 0.1) is 22.5 Å². The lowest BCUT2D eigenvalue weighted by molar-refractivity contribution is -0.137. The Labute approximate surface area is 162 Å². The first kappa shape index (κ1) is 19.5. The van der Waals surface area contributed by atoms with Gasteiger partial charge >= 0.3 is 11.9 Å². The Bertz CT molecular complexity index is 1220. The fraction of sp³-hybridized carbons (Fsp3) is 0.294. The molecule has 0 amide bonds. The molecule has 4 rings (SSSR count). The third-order valence-corrected chi connectivity index (χ3v) is 6.35. The molecule has 12 heteroatoms. The molecule has 8 nitrogen and oxygen atoms in total. The third kappa shape index (κ3) is 3.85. The van der Waals surface area contributed by atoms with Crippen LogP contribution in [0.1, 0.15) is 12.0 Å². The highest BCUT2D eigenvalue weighted by Gasteiger charge is 2.35. The maximum Gasteiger partial charge on any atom is 0.417 e. The van der Waals surface area contributed by atoms with Crippen molar-refractivity contribution in [3.63, 3.8) is 0 Å². The summed E-state index contributed by atoms with van der Waals surface area (Å²) in [5, 5.41) is 0. The van der Waals surface area contributed by atoms with Crippen LogP contribution < -0.4 is 10.5 Å². The number of sulfonamides is 1. The first-order valence-corrected chi connectivity index (χ1v) is 9.90. The van der Waals surface area contributed by atoms with Crippen molar-refractivity contribution in [1.29, 1.82) is 0 Å². The molecule has 1 atom stereocenters. The number of nitrogens with zero attached hydrogens (tertiary/aromatic N) is 2. The third-order valence-electron chi connectivity index (χ3n) is 4.49. The number of nitrogens with one attached hydrogen (secondary N) is 1. The highest BCUT2D eigenvalue weighted by Crippen LogP contribution is 2.31. The van der Waals surface area contributed by atoms with Gasteiger partial charge in [0.25, 0.3) is 0 Å². The maximum absolute atomic E-state index is 12.9. The average Bonchev–Trinajstić information content (AvgIpc) is 3.26. The van der Waals surface area contributed by atoms with Crippen molar-refractivity contribution in [2.75, 3.05) is 13.1 Å². The molecule has 3 heterocycles. The highest BCUT2D eigenvalue weighted by atomic mass is 32.2. The lowest BCUT2D eigenvalue weighted by atomic mass is 10.2. The van der Waals surface area contributed by atoms with Crippen LogP contribution >= 0.6 is 0 Å². The van der Waals surface area contributed by atoms with Crippen LogP contribution in [0.25, 0.3) is 11.1 Å². The van der Waals surface area contributed by atoms with Gasteiger partial charge in [-0.2, -0.15) is 17.5 Å². The van der Waals surface area contributed by atoms with E-state index in [0.29, 0.717) is 6.42 Å². The van der Waals surface area contributed by atoms with Gasteiger partial charge in [0.15, 0.2) is 5.58 Å². The summed E-state index contributed by atoms with van der Waals surface area (Å²) in [6.07, 6.45) is -3.89. The molecule has 3 aromatic rings. The number of benzene rings is 1. The Morgan fingerprint density at radius 3 is 2.79 bits per heavy atom. The lowest BCUT2D eigenvalue weighted by Crippen LogP contribution is -2.31. The summed E-state index contributed by atoms with van der Waals surface area (Å²) in [5.41, 5.74) is -0.421. The van der Waals surface area contributed by atoms with E-state index in [0.717, 1.165) is 18.3 Å². The number of oxazole rings is 1. The second-order valence-electron chi connectivity index (χ2n) is 6.44. The van der Waals surface area contributed by atoms with Crippen LogP contribution in [0.2, 0.25) is 0 Å². The Kier molecular flexibility index (Phi) is 4.62. The first-order chi connectivity index (χ1) is 13.6. The first-order valence-electron chi connectivity index (χ1n) is 8.46. The normalized spacial score (nSPS) is 18.4. The number of hydrogen-bond acceptors (Lipinski definition) is 6. The number of H-pyrrole nitrogens is 1. The van der Waals surface area contributed by atoms with Crippen molar-refractivity contribution in [2.24, 2.45) is 0 Å². The van der Waals surface area contributed by atoms with E-state index in [-0.39, 0.29) is 35.0 Å². The molecular weight excluding hydrogens is 415 g/mol. The van der Waals surface area contributed by atoms with Gasteiger partial charge < -0.3 is 9.15 Å². The number of fused-ring (bicyclic) bond motifs is 1. The molecule has 1 unspecified atom stereocenters. The van der Waals surface area contributed by atoms with Crippen LogP contribution in [-0.2, 0) is 16.2 Å². The van der Waals surface area contributed by atoms with Crippen LogP contribution in [-0.4, -0.2) is 41.9 Å². The zero-order valence-electron chi connectivity index (χ0n) is 14.6. The summed E-state index contributed by atoms with van der Waals surface area (Å²) in [6, 6.07) is 5.58. The van der Waals surface area contributed by atoms with Crippen molar-refractivity contribution in [2.45, 2.75) is 23.6 Å². The molecule has 0 aliphatic carbocycles. The number of hydrogen-bond donors (Lipinski definition) is 1. The predicted molar refractivity (Wildman–Crippen MR) is 93.9 cm³/mol. The van der Waals surface area contributed by atoms with Gasteiger partial charge in [-0.25, -0.2) is 18.2 Å². The minimum Gasteiger partial charge on any atom is -0.473 e. The molecule has 1 saturated heterocycles. The van der Waals surface area contributed by atoms with E-state index in [1.165, 1.54) is 22.5 Å². The van der Waals surface area contributed by atoms with Crippen molar-refractivity contribution in [3.05, 3.63) is 52.6 Å². The fourth-order valence-corrected chi connectivity index (χ4v) is 4.59. The zero-order valence-corrected chi connectivity index (χ0v) is 15.5. The Balaban J connectivity index is 1.50. The molecule has 1 N–H and O–H groups in total. The predicted octanol–water partition coefficient (Wildman–Crippen LogP) is 2.38. The Morgan fingerprint density at radius 2 is 2.03 bits per heavy atom. The number of pyridine rings is 1. The van der Waals surface area contributed by atoms with Gasteiger partial charge in [-0.05, 0) is 30.7 Å². The SMILES string of the molecule is O=c1[nH]c2cc(S(=O)(=O)N3CCC(Oc4cc(C(F)(F)F)ccn4)C3)ccc2o1. The largest absolute Gasteiger partial charge is 0.473 e. The molecule has 1 aliphatic rings. The molecular formula is C17H14F3N3O5S. The minimum atomic E-state index is -4.53. The van der Waals surface area contributed by atoms with Crippen LogP contribution in [0.15, 0.2) is 50.6 Å². The molecule has 29 heavy (non-hydrogen) atoms. The number of aromatic amines is 1. The highest BCUT2D eigenvalue weighted by molar-refractivity contribution is 7.89. The molecule has 1 aliphatic heterocycles. The Morgan fingerprint density at radius 1 is 1.24 bits per heavy atom. The molecule has 0 saturated carbocycles. The number of halogens is 3. The molecule has 1 aromatic carbocycles. The molecule has 0 radical (unpaired) electrons. The summed E-state index contributed by atoms with van der Waals surface area (Å²) < 4.78 is 75.6. The molecule has 0 bridgehead atoms. The van der Waals surface area contributed by atoms with E-state index >= 15 is 0 Å². The van der Waals surface area contributed by atoms with Crippen LogP contribution in [0.5, 0.6) is 5.88 Å². The minimum absolute atomic E-state index is 0.0415. The van der Waals surface area contributed by atoms with Gasteiger partial charge in [-0.3, -0.25) is 4.98 Å². The van der Waals surface area contributed by atoms with Crippen LogP contribution in [0.4, 0.5) is 13.2 Å². The summed E-state index contributed by atoms with van der Waals surface area (Å²) in [4.78, 5) is 17.3. The smallest absolute Gasteiger partial charge is 0.417 e. The second kappa shape index (κ2) is 6.88. The summed E-state index contributed by atoms with van der Waals surface area (Å²) >= 11 is 0. The zero-order chi connectivity index (χ0) is 20.8. The number of alkyl halides is 3. The van der Waals surface area contributed by atoms with Gasteiger partial charge in [0.2, 0.25) is 15.9 Å². The topological polar surface area (TPSA) is 106 Å². The van der Waals surface area contributed by atoms with Crippen LogP contribution in [0.3, 0.4) is 0 Å². The molecule has 154 valence electrons. The van der Waals surface area contributed by atoms with E-state index in [4.69, 9.17) is 9.15 Å². The molecule has 1 fully saturated rings. The van der Waals surface area contributed by atoms with Crippen molar-refractivity contribution < 1.29 is 30.7 Å². The second-order valence-corrected chi connectivity index (χ2v) is 8.38. The van der Waals surface area contributed by atoms with Gasteiger partial charge in [0, 0.05) is 18.8 Å². The van der Waals surface area contributed by atoms with E-state index in [9.17, 15) is 26.4 Å². The summed E-state index contributed by atoms with van der Waals surface area (Å²) in [5.74, 6) is -0.917. The van der Waals surface area contributed by atoms with Crippen molar-refractivity contribution in [3.8, 4) is 5.88 Å². The van der Waals surface area contributed by atoms with Gasteiger partial charge in [-0.1, -0.05) is 0 Å². The standard InChI is InChI=1S/C17H14F3N3O5S/c18-17(19,20)10-3-5-21-15(7-10)27-11-4-6-23(9-11)29(25,26)12-1-2-14-13(8-12)22-16(24)28-14/h1-3,5,7-8,11H,4,6,9H2,(H,22,24). The average molecular weight is 429 g/mol. The van der Waals surface area contributed by atoms with E-state index < -0.39 is 33.6 Å². The van der Waals surface area contributed by atoms with E-state index in [1.54, 1.807) is 0 Å². The van der Waals surface area contributed by atoms with Gasteiger partial charge in [-0.15, -0.1) is 0 Å². The Hall–Kier alpha value is -2.86. The fourth-order valence-electron chi connectivity index (χ4n) is 3.07. The monoisotopic (exact) mass is 429 g/mol. The maximum atomic E-state index is 12.9. The van der Waals surface area contributed by atoms with Gasteiger partial charge in [0.1, 0.15) is 6.10 Å². The number of rotatable bonds is 4. The number of aromatic nitrogens is 2. The summed E-state index contributed by atoms with van der Waals surface area (Å²) in [7, 11) is -3.89. The molecule has 2 aromatic heterocycles. The van der Waals surface area contributed by atoms with E-state index in [1.807, 2.05) is 0 Å². The van der Waals surface area contributed by atoms with Crippen molar-refractivity contribution >= 4 is 21.1 Å². The summed E-state index contributed by atoms with van der Waals surface area (Å²) in [6.45, 7) is 0.0894. The van der Waals surface area contributed by atoms with Crippen LogP contribution in [0, 0.1) is 0 Å². The number of ether oxygens (including phenoxy) is 1.